The molecule has 2 saturated heterocycles. The van der Waals surface area contributed by atoms with E-state index in [9.17, 15) is 0 Å². The van der Waals surface area contributed by atoms with Crippen molar-refractivity contribution in [2.75, 3.05) is 53.0 Å². The molecule has 0 aliphatic carbocycles. The number of nitrogens with zero attached hydrogens (tertiary/aromatic N) is 2. The molecule has 3 rings (SSSR count). The predicted molar refractivity (Wildman–Crippen MR) is 123 cm³/mol. The average molecular weight is 437 g/mol. The fourth-order valence-electron chi connectivity index (χ4n) is 4.05. The van der Waals surface area contributed by atoms with Crippen molar-refractivity contribution < 1.29 is 9.47 Å². The summed E-state index contributed by atoms with van der Waals surface area (Å²) in [5, 5.41) is 7.74. The van der Waals surface area contributed by atoms with Crippen LogP contribution in [0.4, 0.5) is 0 Å². The Bertz CT molecular complexity index is 644. The van der Waals surface area contributed by atoms with Crippen LogP contribution in [0.25, 0.3) is 0 Å². The SMILES string of the molecule is CN=C(NCCCOCC1CCCO1)NCC1CCN(Cc2ccccc2Cl)CC1. The molecule has 0 aromatic heterocycles. The Labute approximate surface area is 186 Å². The minimum atomic E-state index is 0.309. The van der Waals surface area contributed by atoms with Crippen LogP contribution in [0.1, 0.15) is 37.7 Å². The topological polar surface area (TPSA) is 58.1 Å². The standard InChI is InChI=1S/C23H37ClN4O2/c1-25-23(26-11-5-14-29-18-21-7-4-15-30-21)27-16-19-9-12-28(13-10-19)17-20-6-2-3-8-22(20)24/h2-3,6,8,19,21H,4-5,7,9-18H2,1H3,(H2,25,26,27). The lowest BCUT2D eigenvalue weighted by atomic mass is 9.96. The summed E-state index contributed by atoms with van der Waals surface area (Å²) in [4.78, 5) is 6.84. The monoisotopic (exact) mass is 436 g/mol. The van der Waals surface area contributed by atoms with Gasteiger partial charge in [0.1, 0.15) is 0 Å². The average Bonchev–Trinajstić information content (AvgIpc) is 3.29. The number of hydrogen-bond donors (Lipinski definition) is 2. The first-order valence-corrected chi connectivity index (χ1v) is 11.7. The van der Waals surface area contributed by atoms with Crippen LogP contribution in [-0.4, -0.2) is 70.0 Å². The van der Waals surface area contributed by atoms with Gasteiger partial charge in [-0.25, -0.2) is 0 Å². The van der Waals surface area contributed by atoms with E-state index in [1.165, 1.54) is 18.4 Å². The van der Waals surface area contributed by atoms with Crippen LogP contribution in [0.2, 0.25) is 5.02 Å². The third kappa shape index (κ3) is 8.06. The van der Waals surface area contributed by atoms with Crippen LogP contribution in [0.5, 0.6) is 0 Å². The Hall–Kier alpha value is -1.34. The summed E-state index contributed by atoms with van der Waals surface area (Å²) in [5.41, 5.74) is 1.22. The van der Waals surface area contributed by atoms with Crippen molar-refractivity contribution in [1.29, 1.82) is 0 Å². The first kappa shape index (κ1) is 23.3. The lowest BCUT2D eigenvalue weighted by Gasteiger charge is -2.32. The van der Waals surface area contributed by atoms with Crippen molar-refractivity contribution in [3.05, 3.63) is 34.9 Å². The highest BCUT2D eigenvalue weighted by Gasteiger charge is 2.20. The van der Waals surface area contributed by atoms with Crippen LogP contribution < -0.4 is 10.6 Å². The van der Waals surface area contributed by atoms with Crippen LogP contribution in [0.15, 0.2) is 29.3 Å². The minimum absolute atomic E-state index is 0.309. The first-order valence-electron chi connectivity index (χ1n) is 11.3. The fourth-order valence-corrected chi connectivity index (χ4v) is 4.24. The number of guanidine groups is 1. The van der Waals surface area contributed by atoms with Gasteiger partial charge in [-0.15, -0.1) is 0 Å². The number of halogens is 1. The van der Waals surface area contributed by atoms with E-state index >= 15 is 0 Å². The molecule has 0 saturated carbocycles. The highest BCUT2D eigenvalue weighted by Crippen LogP contribution is 2.22. The Kier molecular flexibility index (Phi) is 10.2. The maximum absolute atomic E-state index is 6.30. The van der Waals surface area contributed by atoms with Gasteiger partial charge >= 0.3 is 0 Å². The van der Waals surface area contributed by atoms with Crippen molar-refractivity contribution in [3.8, 4) is 0 Å². The van der Waals surface area contributed by atoms with Gasteiger partial charge in [0.2, 0.25) is 0 Å². The van der Waals surface area contributed by atoms with Crippen LogP contribution in [0, 0.1) is 5.92 Å². The number of aliphatic imine (C=N–C) groups is 1. The molecule has 1 atom stereocenters. The van der Waals surface area contributed by atoms with Gasteiger partial charge in [-0.2, -0.15) is 0 Å². The number of nitrogens with one attached hydrogen (secondary N) is 2. The molecule has 2 aliphatic heterocycles. The van der Waals surface area contributed by atoms with E-state index < -0.39 is 0 Å². The number of likely N-dealkylation sites (tertiary alicyclic amines) is 1. The molecule has 2 N–H and O–H groups in total. The lowest BCUT2D eigenvalue weighted by molar-refractivity contribution is 0.0168. The summed E-state index contributed by atoms with van der Waals surface area (Å²) in [6, 6.07) is 8.15. The zero-order valence-electron chi connectivity index (χ0n) is 18.2. The summed E-state index contributed by atoms with van der Waals surface area (Å²) in [6.45, 7) is 7.37. The third-order valence-electron chi connectivity index (χ3n) is 5.93. The Morgan fingerprint density at radius 2 is 2.07 bits per heavy atom. The maximum atomic E-state index is 6.30. The second-order valence-corrected chi connectivity index (χ2v) is 8.66. The molecule has 1 unspecified atom stereocenters. The van der Waals surface area contributed by atoms with Crippen molar-refractivity contribution in [1.82, 2.24) is 15.5 Å². The molecule has 30 heavy (non-hydrogen) atoms. The van der Waals surface area contributed by atoms with Gasteiger partial charge in [-0.3, -0.25) is 9.89 Å². The molecular weight excluding hydrogens is 400 g/mol. The van der Waals surface area contributed by atoms with E-state index in [-0.39, 0.29) is 0 Å². The molecule has 1 aromatic carbocycles. The molecule has 0 spiro atoms. The molecular formula is C23H37ClN4O2. The van der Waals surface area contributed by atoms with Gasteiger partial charge in [0.05, 0.1) is 12.7 Å². The van der Waals surface area contributed by atoms with Crippen LogP contribution in [-0.2, 0) is 16.0 Å². The maximum Gasteiger partial charge on any atom is 0.190 e. The van der Waals surface area contributed by atoms with E-state index in [1.807, 2.05) is 19.2 Å². The zero-order valence-corrected chi connectivity index (χ0v) is 19.0. The summed E-state index contributed by atoms with van der Waals surface area (Å²) >= 11 is 6.30. The number of piperidine rings is 1. The number of hydrogen-bond acceptors (Lipinski definition) is 4. The fraction of sp³-hybridized carbons (Fsp3) is 0.696. The van der Waals surface area contributed by atoms with Crippen molar-refractivity contribution >= 4 is 17.6 Å². The van der Waals surface area contributed by atoms with Crippen molar-refractivity contribution in [2.24, 2.45) is 10.9 Å². The molecule has 6 nitrogen and oxygen atoms in total. The van der Waals surface area contributed by atoms with Crippen molar-refractivity contribution in [2.45, 2.75) is 44.8 Å². The molecule has 0 bridgehead atoms. The largest absolute Gasteiger partial charge is 0.379 e. The predicted octanol–water partition coefficient (Wildman–Crippen LogP) is 3.30. The van der Waals surface area contributed by atoms with Crippen LogP contribution in [0.3, 0.4) is 0 Å². The van der Waals surface area contributed by atoms with E-state index in [0.717, 1.165) is 82.8 Å². The van der Waals surface area contributed by atoms with E-state index in [0.29, 0.717) is 12.0 Å². The number of benzene rings is 1. The van der Waals surface area contributed by atoms with Gasteiger partial charge in [0.25, 0.3) is 0 Å². The van der Waals surface area contributed by atoms with E-state index in [1.54, 1.807) is 0 Å². The highest BCUT2D eigenvalue weighted by molar-refractivity contribution is 6.31. The first-order chi connectivity index (χ1) is 14.7. The van der Waals surface area contributed by atoms with Crippen molar-refractivity contribution in [3.63, 3.8) is 0 Å². The second kappa shape index (κ2) is 13.2. The quantitative estimate of drug-likeness (QED) is 0.335. The molecule has 2 aliphatic rings. The molecule has 1 aromatic rings. The van der Waals surface area contributed by atoms with E-state index in [4.69, 9.17) is 21.1 Å². The number of rotatable bonds is 10. The highest BCUT2D eigenvalue weighted by atomic mass is 35.5. The molecule has 2 fully saturated rings. The van der Waals surface area contributed by atoms with Gasteiger partial charge in [0, 0.05) is 44.9 Å². The molecule has 0 radical (unpaired) electrons. The molecule has 0 amide bonds. The summed E-state index contributed by atoms with van der Waals surface area (Å²) in [5.74, 6) is 1.56. The van der Waals surface area contributed by atoms with E-state index in [2.05, 4.69) is 32.7 Å². The van der Waals surface area contributed by atoms with Gasteiger partial charge in [0.15, 0.2) is 5.96 Å². The third-order valence-corrected chi connectivity index (χ3v) is 6.30. The zero-order chi connectivity index (χ0) is 21.0. The summed E-state index contributed by atoms with van der Waals surface area (Å²) < 4.78 is 11.3. The summed E-state index contributed by atoms with van der Waals surface area (Å²) in [7, 11) is 1.83. The van der Waals surface area contributed by atoms with Gasteiger partial charge < -0.3 is 20.1 Å². The normalized spacial score (nSPS) is 21.1. The summed E-state index contributed by atoms with van der Waals surface area (Å²) in [6.07, 6.45) is 5.97. The number of ether oxygens (including phenoxy) is 2. The Morgan fingerprint density at radius 3 is 2.80 bits per heavy atom. The minimum Gasteiger partial charge on any atom is -0.379 e. The smallest absolute Gasteiger partial charge is 0.190 e. The lowest BCUT2D eigenvalue weighted by Crippen LogP contribution is -2.43. The molecule has 2 heterocycles. The Balaban J connectivity index is 1.23. The molecule has 168 valence electrons. The molecule has 7 heteroatoms. The van der Waals surface area contributed by atoms with Crippen LogP contribution >= 0.6 is 11.6 Å². The second-order valence-electron chi connectivity index (χ2n) is 8.25. The Morgan fingerprint density at radius 1 is 1.23 bits per heavy atom. The van der Waals surface area contributed by atoms with Gasteiger partial charge in [-0.05, 0) is 62.7 Å². The van der Waals surface area contributed by atoms with Gasteiger partial charge in [-0.1, -0.05) is 29.8 Å².